The molecule has 1 aromatic heterocycles. The van der Waals surface area contributed by atoms with Crippen molar-refractivity contribution in [2.45, 2.75) is 44.1 Å². The van der Waals surface area contributed by atoms with Crippen LogP contribution in [0.4, 0.5) is 0 Å². The Kier molecular flexibility index (Phi) is 3.00. The number of carboxylic acids is 1. The van der Waals surface area contributed by atoms with Gasteiger partial charge in [0.1, 0.15) is 11.8 Å². The first-order chi connectivity index (χ1) is 9.16. The molecule has 3 rings (SSSR count). The Hall–Kier alpha value is -1.85. The van der Waals surface area contributed by atoms with E-state index in [1.54, 1.807) is 6.07 Å². The zero-order valence-corrected chi connectivity index (χ0v) is 10.5. The number of piperidine rings is 1. The second-order valence-electron chi connectivity index (χ2n) is 5.24. The van der Waals surface area contributed by atoms with Crippen molar-refractivity contribution in [2.24, 2.45) is 0 Å². The van der Waals surface area contributed by atoms with Crippen LogP contribution in [0.3, 0.4) is 0 Å². The third-order valence-electron chi connectivity index (χ3n) is 3.78. The predicted molar refractivity (Wildman–Crippen MR) is 64.8 cm³/mol. The smallest absolute Gasteiger partial charge is 0.326 e. The molecule has 0 radical (unpaired) electrons. The van der Waals surface area contributed by atoms with Crippen LogP contribution in [0.1, 0.15) is 54.3 Å². The monoisotopic (exact) mass is 264 g/mol. The van der Waals surface area contributed by atoms with E-state index in [-0.39, 0.29) is 11.6 Å². The molecule has 1 aliphatic carbocycles. The van der Waals surface area contributed by atoms with Crippen molar-refractivity contribution in [3.63, 3.8) is 0 Å². The maximum absolute atomic E-state index is 12.3. The van der Waals surface area contributed by atoms with Crippen molar-refractivity contribution in [3.8, 4) is 0 Å². The first-order valence-electron chi connectivity index (χ1n) is 6.67. The molecular formula is C13H16N2O4. The number of aliphatic carboxylic acids is 1. The van der Waals surface area contributed by atoms with Gasteiger partial charge in [0.25, 0.3) is 5.91 Å². The van der Waals surface area contributed by atoms with Gasteiger partial charge in [-0.2, -0.15) is 0 Å². The molecular weight excluding hydrogens is 248 g/mol. The molecule has 6 heteroatoms. The van der Waals surface area contributed by atoms with Gasteiger partial charge in [-0.3, -0.25) is 4.79 Å². The van der Waals surface area contributed by atoms with Crippen LogP contribution in [-0.4, -0.2) is 39.6 Å². The topological polar surface area (TPSA) is 83.6 Å². The predicted octanol–water partition coefficient (Wildman–Crippen LogP) is 1.63. The minimum Gasteiger partial charge on any atom is -0.480 e. The number of carbonyl (C=O) groups excluding carboxylic acids is 1. The fraction of sp³-hybridized carbons (Fsp3) is 0.615. The summed E-state index contributed by atoms with van der Waals surface area (Å²) in [6, 6.07) is 0.926. The van der Waals surface area contributed by atoms with Gasteiger partial charge < -0.3 is 14.5 Å². The molecule has 0 spiro atoms. The van der Waals surface area contributed by atoms with E-state index in [1.165, 1.54) is 4.90 Å². The first kappa shape index (κ1) is 12.2. The Labute approximate surface area is 110 Å². The Balaban J connectivity index is 1.78. The summed E-state index contributed by atoms with van der Waals surface area (Å²) < 4.78 is 5.15. The summed E-state index contributed by atoms with van der Waals surface area (Å²) in [5.74, 6) is -0.139. The highest BCUT2D eigenvalue weighted by atomic mass is 16.5. The molecule has 102 valence electrons. The highest BCUT2D eigenvalue weighted by molar-refractivity contribution is 5.95. The maximum Gasteiger partial charge on any atom is 0.326 e. The van der Waals surface area contributed by atoms with Crippen molar-refractivity contribution in [2.75, 3.05) is 6.54 Å². The molecule has 19 heavy (non-hydrogen) atoms. The first-order valence-corrected chi connectivity index (χ1v) is 6.67. The second-order valence-corrected chi connectivity index (χ2v) is 5.24. The molecule has 2 heterocycles. The minimum absolute atomic E-state index is 0.232. The SMILES string of the molecule is O=C(O)[C@H]1CCCCN1C(=O)c1cc(C2CC2)on1. The molecule has 1 aromatic rings. The van der Waals surface area contributed by atoms with E-state index in [9.17, 15) is 14.7 Å². The summed E-state index contributed by atoms with van der Waals surface area (Å²) in [7, 11) is 0. The number of amides is 1. The fourth-order valence-corrected chi connectivity index (χ4v) is 2.53. The third-order valence-corrected chi connectivity index (χ3v) is 3.78. The highest BCUT2D eigenvalue weighted by Gasteiger charge is 2.35. The molecule has 0 bridgehead atoms. The molecule has 2 aliphatic rings. The van der Waals surface area contributed by atoms with Crippen molar-refractivity contribution in [3.05, 3.63) is 17.5 Å². The van der Waals surface area contributed by atoms with Crippen LogP contribution in [0.5, 0.6) is 0 Å². The largest absolute Gasteiger partial charge is 0.480 e. The average molecular weight is 264 g/mol. The molecule has 1 aliphatic heterocycles. The quantitative estimate of drug-likeness (QED) is 0.897. The molecule has 2 fully saturated rings. The van der Waals surface area contributed by atoms with Gasteiger partial charge in [-0.1, -0.05) is 5.16 Å². The van der Waals surface area contributed by atoms with Gasteiger partial charge in [0.15, 0.2) is 5.69 Å². The number of rotatable bonds is 3. The Morgan fingerprint density at radius 2 is 2.11 bits per heavy atom. The number of hydrogen-bond donors (Lipinski definition) is 1. The van der Waals surface area contributed by atoms with Crippen molar-refractivity contribution in [1.29, 1.82) is 0 Å². The van der Waals surface area contributed by atoms with Gasteiger partial charge in [-0.15, -0.1) is 0 Å². The third kappa shape index (κ3) is 2.34. The zero-order valence-electron chi connectivity index (χ0n) is 10.5. The summed E-state index contributed by atoms with van der Waals surface area (Å²) in [6.45, 7) is 0.474. The van der Waals surface area contributed by atoms with Crippen LogP contribution in [-0.2, 0) is 4.79 Å². The van der Waals surface area contributed by atoms with Crippen LogP contribution in [0, 0.1) is 0 Å². The summed E-state index contributed by atoms with van der Waals surface area (Å²) in [5.41, 5.74) is 0.232. The van der Waals surface area contributed by atoms with Gasteiger partial charge in [0.2, 0.25) is 0 Å². The molecule has 0 unspecified atom stereocenters. The van der Waals surface area contributed by atoms with E-state index in [4.69, 9.17) is 4.52 Å². The van der Waals surface area contributed by atoms with Crippen molar-refractivity contribution >= 4 is 11.9 Å². The molecule has 6 nitrogen and oxygen atoms in total. The van der Waals surface area contributed by atoms with E-state index < -0.39 is 12.0 Å². The Morgan fingerprint density at radius 3 is 2.79 bits per heavy atom. The van der Waals surface area contributed by atoms with Crippen LogP contribution in [0.2, 0.25) is 0 Å². The lowest BCUT2D eigenvalue weighted by molar-refractivity contribution is -0.143. The molecule has 1 saturated carbocycles. The number of hydrogen-bond acceptors (Lipinski definition) is 4. The van der Waals surface area contributed by atoms with Crippen LogP contribution < -0.4 is 0 Å². The van der Waals surface area contributed by atoms with E-state index in [1.807, 2.05) is 0 Å². The van der Waals surface area contributed by atoms with Crippen LogP contribution in [0.25, 0.3) is 0 Å². The van der Waals surface area contributed by atoms with E-state index in [2.05, 4.69) is 5.16 Å². The lowest BCUT2D eigenvalue weighted by Crippen LogP contribution is -2.48. The summed E-state index contributed by atoms with van der Waals surface area (Å²) in [4.78, 5) is 24.9. The average Bonchev–Trinajstić information content (AvgIpc) is 3.16. The lowest BCUT2D eigenvalue weighted by Gasteiger charge is -2.32. The number of carboxylic acid groups (broad SMARTS) is 1. The maximum atomic E-state index is 12.3. The highest BCUT2D eigenvalue weighted by Crippen LogP contribution is 2.40. The van der Waals surface area contributed by atoms with Crippen molar-refractivity contribution < 1.29 is 19.2 Å². The zero-order chi connectivity index (χ0) is 13.4. The van der Waals surface area contributed by atoms with Gasteiger partial charge in [-0.05, 0) is 32.1 Å². The summed E-state index contributed by atoms with van der Waals surface area (Å²) >= 11 is 0. The Morgan fingerprint density at radius 1 is 1.32 bits per heavy atom. The van der Waals surface area contributed by atoms with E-state index in [0.29, 0.717) is 18.9 Å². The lowest BCUT2D eigenvalue weighted by atomic mass is 10.0. The van der Waals surface area contributed by atoms with Gasteiger partial charge in [-0.25, -0.2) is 4.79 Å². The van der Waals surface area contributed by atoms with E-state index >= 15 is 0 Å². The summed E-state index contributed by atoms with van der Waals surface area (Å²) in [5, 5.41) is 13.0. The molecule has 1 saturated heterocycles. The second kappa shape index (κ2) is 4.68. The minimum atomic E-state index is -0.945. The van der Waals surface area contributed by atoms with Crippen LogP contribution in [0.15, 0.2) is 10.6 Å². The standard InChI is InChI=1S/C13H16N2O4/c16-12(9-7-11(19-14-9)8-4-5-8)15-6-2-1-3-10(15)13(17)18/h7-8,10H,1-6H2,(H,17,18)/t10-/m1/s1. The van der Waals surface area contributed by atoms with Crippen molar-refractivity contribution in [1.82, 2.24) is 10.1 Å². The number of aromatic nitrogens is 1. The molecule has 0 aromatic carbocycles. The Bertz CT molecular complexity index is 506. The molecule has 1 atom stereocenters. The van der Waals surface area contributed by atoms with E-state index in [0.717, 1.165) is 31.4 Å². The summed E-state index contributed by atoms with van der Waals surface area (Å²) in [6.07, 6.45) is 4.33. The number of carbonyl (C=O) groups is 2. The van der Waals surface area contributed by atoms with Gasteiger partial charge in [0, 0.05) is 18.5 Å². The number of likely N-dealkylation sites (tertiary alicyclic amines) is 1. The van der Waals surface area contributed by atoms with Gasteiger partial charge >= 0.3 is 5.97 Å². The molecule has 1 amide bonds. The normalized spacial score (nSPS) is 23.4. The van der Waals surface area contributed by atoms with Crippen LogP contribution >= 0.6 is 0 Å². The fourth-order valence-electron chi connectivity index (χ4n) is 2.53. The molecule has 1 N–H and O–H groups in total. The number of nitrogens with zero attached hydrogens (tertiary/aromatic N) is 2. The van der Waals surface area contributed by atoms with Gasteiger partial charge in [0.05, 0.1) is 0 Å².